The van der Waals surface area contributed by atoms with Crippen LogP contribution in [0, 0.1) is 0 Å². The molecule has 0 aliphatic heterocycles. The van der Waals surface area contributed by atoms with Gasteiger partial charge in [0.15, 0.2) is 0 Å². The van der Waals surface area contributed by atoms with Gasteiger partial charge in [0, 0.05) is 26.3 Å². The molecule has 1 rings (SSSR count). The van der Waals surface area contributed by atoms with Gasteiger partial charge in [-0.3, -0.25) is 9.10 Å². The summed E-state index contributed by atoms with van der Waals surface area (Å²) in [5, 5.41) is 2.66. The van der Waals surface area contributed by atoms with Gasteiger partial charge < -0.3 is 19.5 Å². The van der Waals surface area contributed by atoms with Gasteiger partial charge in [-0.2, -0.15) is 0 Å². The Bertz CT molecular complexity index is 647. The number of methoxy groups -OCH3 is 3. The highest BCUT2D eigenvalue weighted by Gasteiger charge is 2.24. The molecule has 1 aromatic rings. The molecule has 0 atom stereocenters. The van der Waals surface area contributed by atoms with Crippen LogP contribution in [0.5, 0.6) is 11.5 Å². The molecule has 0 bridgehead atoms. The third-order valence-electron chi connectivity index (χ3n) is 3.19. The summed E-state index contributed by atoms with van der Waals surface area (Å²) in [7, 11) is 0.776. The summed E-state index contributed by atoms with van der Waals surface area (Å²) in [5.41, 5.74) is 0.242. The third kappa shape index (κ3) is 5.89. The highest BCUT2D eigenvalue weighted by molar-refractivity contribution is 7.92. The summed E-state index contributed by atoms with van der Waals surface area (Å²) in [6.07, 6.45) is 1.67. The molecule has 0 saturated heterocycles. The van der Waals surface area contributed by atoms with Crippen LogP contribution in [0.4, 0.5) is 5.69 Å². The number of carbonyl (C=O) groups is 1. The summed E-state index contributed by atoms with van der Waals surface area (Å²) in [4.78, 5) is 12.1. The fourth-order valence-corrected chi connectivity index (χ4v) is 2.86. The maximum absolute atomic E-state index is 12.1. The smallest absolute Gasteiger partial charge is 0.240 e. The van der Waals surface area contributed by atoms with Gasteiger partial charge in [0.2, 0.25) is 15.9 Å². The number of rotatable bonds is 10. The Kier molecular flexibility index (Phi) is 7.80. The molecule has 0 heterocycles. The second-order valence-corrected chi connectivity index (χ2v) is 6.91. The van der Waals surface area contributed by atoms with Crippen LogP contribution in [0.2, 0.25) is 0 Å². The first-order valence-electron chi connectivity index (χ1n) is 7.28. The van der Waals surface area contributed by atoms with E-state index in [1.165, 1.54) is 20.3 Å². The normalized spacial score (nSPS) is 11.0. The van der Waals surface area contributed by atoms with Gasteiger partial charge >= 0.3 is 0 Å². The van der Waals surface area contributed by atoms with E-state index in [2.05, 4.69) is 5.32 Å². The third-order valence-corrected chi connectivity index (χ3v) is 4.32. The van der Waals surface area contributed by atoms with Gasteiger partial charge in [0.05, 0.1) is 26.2 Å². The summed E-state index contributed by atoms with van der Waals surface area (Å²) in [5.74, 6) is 0.370. The number of nitrogens with zero attached hydrogens (tertiary/aromatic N) is 1. The van der Waals surface area contributed by atoms with Gasteiger partial charge in [0.25, 0.3) is 0 Å². The lowest BCUT2D eigenvalue weighted by molar-refractivity contribution is -0.119. The fraction of sp³-hybridized carbons (Fsp3) is 0.533. The van der Waals surface area contributed by atoms with Crippen LogP contribution < -0.4 is 19.1 Å². The second-order valence-electron chi connectivity index (χ2n) is 5.00. The van der Waals surface area contributed by atoms with E-state index in [0.29, 0.717) is 31.1 Å². The highest BCUT2D eigenvalue weighted by atomic mass is 32.2. The van der Waals surface area contributed by atoms with Gasteiger partial charge in [-0.15, -0.1) is 0 Å². The Morgan fingerprint density at radius 1 is 1.21 bits per heavy atom. The number of ether oxygens (including phenoxy) is 3. The van der Waals surface area contributed by atoms with Crippen molar-refractivity contribution in [2.75, 3.05) is 51.6 Å². The van der Waals surface area contributed by atoms with Crippen molar-refractivity contribution in [3.8, 4) is 11.5 Å². The lowest BCUT2D eigenvalue weighted by Crippen LogP contribution is -2.41. The molecule has 1 amide bonds. The van der Waals surface area contributed by atoms with Crippen molar-refractivity contribution in [3.05, 3.63) is 18.2 Å². The van der Waals surface area contributed by atoms with Crippen molar-refractivity contribution in [1.29, 1.82) is 0 Å². The first-order valence-corrected chi connectivity index (χ1v) is 9.13. The van der Waals surface area contributed by atoms with Crippen LogP contribution in [0.1, 0.15) is 6.42 Å². The Morgan fingerprint density at radius 2 is 1.92 bits per heavy atom. The number of hydrogen-bond acceptors (Lipinski definition) is 6. The lowest BCUT2D eigenvalue weighted by atomic mass is 10.2. The lowest BCUT2D eigenvalue weighted by Gasteiger charge is -2.24. The minimum absolute atomic E-state index is 0.242. The fourth-order valence-electron chi connectivity index (χ4n) is 2.00. The summed E-state index contributed by atoms with van der Waals surface area (Å²) in [6, 6.07) is 4.74. The Hall–Kier alpha value is -2.00. The molecule has 0 unspecified atom stereocenters. The van der Waals surface area contributed by atoms with Crippen LogP contribution >= 0.6 is 0 Å². The van der Waals surface area contributed by atoms with Gasteiger partial charge in [-0.25, -0.2) is 8.42 Å². The predicted octanol–water partition coefficient (Wildman–Crippen LogP) is 0.622. The number of hydrogen-bond donors (Lipinski definition) is 1. The van der Waals surface area contributed by atoms with Crippen molar-refractivity contribution in [2.24, 2.45) is 0 Å². The van der Waals surface area contributed by atoms with Crippen LogP contribution in [0.15, 0.2) is 18.2 Å². The molecule has 1 N–H and O–H groups in total. The number of amides is 1. The minimum atomic E-state index is -3.69. The van der Waals surface area contributed by atoms with Crippen molar-refractivity contribution < 1.29 is 27.4 Å². The topological polar surface area (TPSA) is 94.2 Å². The van der Waals surface area contributed by atoms with Gasteiger partial charge in [-0.05, 0) is 18.6 Å². The number of anilines is 1. The van der Waals surface area contributed by atoms with Crippen molar-refractivity contribution in [3.63, 3.8) is 0 Å². The van der Waals surface area contributed by atoms with E-state index in [9.17, 15) is 13.2 Å². The summed E-state index contributed by atoms with van der Waals surface area (Å²) < 4.78 is 40.5. The molecular formula is C15H24N2O6S. The molecule has 0 fully saturated rings. The van der Waals surface area contributed by atoms with E-state index < -0.39 is 15.9 Å². The van der Waals surface area contributed by atoms with E-state index >= 15 is 0 Å². The average molecular weight is 360 g/mol. The molecule has 0 radical (unpaired) electrons. The summed E-state index contributed by atoms with van der Waals surface area (Å²) >= 11 is 0. The maximum atomic E-state index is 12.1. The monoisotopic (exact) mass is 360 g/mol. The number of sulfonamides is 1. The molecule has 8 nitrogen and oxygen atoms in total. The van der Waals surface area contributed by atoms with E-state index in [1.807, 2.05) is 0 Å². The van der Waals surface area contributed by atoms with E-state index in [1.54, 1.807) is 19.2 Å². The first kappa shape index (κ1) is 20.0. The number of carbonyl (C=O) groups excluding carboxylic acids is 1. The molecule has 0 saturated carbocycles. The van der Waals surface area contributed by atoms with Crippen LogP contribution in [-0.4, -0.2) is 61.6 Å². The van der Waals surface area contributed by atoms with Crippen LogP contribution in [0.3, 0.4) is 0 Å². The predicted molar refractivity (Wildman–Crippen MR) is 91.2 cm³/mol. The molecule has 0 spiro atoms. The van der Waals surface area contributed by atoms with Crippen LogP contribution in [0.25, 0.3) is 0 Å². The highest BCUT2D eigenvalue weighted by Crippen LogP contribution is 2.33. The standard InChI is InChI=1S/C15H24N2O6S/c1-21-9-5-8-16-15(18)11-17(24(4,19)20)13-10-12(22-2)6-7-14(13)23-3/h6-7,10H,5,8-9,11H2,1-4H3,(H,16,18). The van der Waals surface area contributed by atoms with Gasteiger partial charge in [0.1, 0.15) is 18.0 Å². The Morgan fingerprint density at radius 3 is 2.46 bits per heavy atom. The SMILES string of the molecule is COCCCNC(=O)CN(c1cc(OC)ccc1OC)S(C)(=O)=O. The van der Waals surface area contributed by atoms with E-state index in [4.69, 9.17) is 14.2 Å². The van der Waals surface area contributed by atoms with Crippen molar-refractivity contribution in [2.45, 2.75) is 6.42 Å². The number of nitrogens with one attached hydrogen (secondary N) is 1. The maximum Gasteiger partial charge on any atom is 0.240 e. The molecule has 0 aliphatic carbocycles. The molecular weight excluding hydrogens is 336 g/mol. The van der Waals surface area contributed by atoms with Crippen molar-refractivity contribution >= 4 is 21.6 Å². The molecule has 0 aliphatic rings. The summed E-state index contributed by atoms with van der Waals surface area (Å²) in [6.45, 7) is 0.564. The zero-order valence-electron chi connectivity index (χ0n) is 14.4. The van der Waals surface area contributed by atoms with E-state index in [0.717, 1.165) is 10.6 Å². The van der Waals surface area contributed by atoms with Gasteiger partial charge in [-0.1, -0.05) is 0 Å². The van der Waals surface area contributed by atoms with Crippen LogP contribution in [-0.2, 0) is 19.6 Å². The molecule has 136 valence electrons. The second kappa shape index (κ2) is 9.33. The van der Waals surface area contributed by atoms with Crippen molar-refractivity contribution in [1.82, 2.24) is 5.32 Å². The molecule has 1 aromatic carbocycles. The zero-order chi connectivity index (χ0) is 18.2. The quantitative estimate of drug-likeness (QED) is 0.615. The first-order chi connectivity index (χ1) is 11.3. The molecule has 0 aromatic heterocycles. The Labute approximate surface area is 142 Å². The number of benzene rings is 1. The zero-order valence-corrected chi connectivity index (χ0v) is 15.2. The minimum Gasteiger partial charge on any atom is -0.497 e. The Balaban J connectivity index is 3.00. The van der Waals surface area contributed by atoms with E-state index in [-0.39, 0.29) is 12.2 Å². The average Bonchev–Trinajstić information content (AvgIpc) is 2.55. The largest absolute Gasteiger partial charge is 0.497 e. The molecule has 24 heavy (non-hydrogen) atoms. The molecule has 9 heteroatoms.